The Labute approximate surface area is 200 Å². The second kappa shape index (κ2) is 15.5. The fourth-order valence-corrected chi connectivity index (χ4v) is 3.56. The van der Waals surface area contributed by atoms with Crippen LogP contribution in [0, 0.1) is 10.1 Å². The minimum Gasteiger partial charge on any atom is -0.362 e. The van der Waals surface area contributed by atoms with Crippen LogP contribution in [0.5, 0.6) is 0 Å². The van der Waals surface area contributed by atoms with Gasteiger partial charge in [-0.05, 0) is 18.6 Å². The maximum atomic E-state index is 12.3. The van der Waals surface area contributed by atoms with Crippen LogP contribution in [-0.4, -0.2) is 20.8 Å². The van der Waals surface area contributed by atoms with Gasteiger partial charge in [0.15, 0.2) is 0 Å². The smallest absolute Gasteiger partial charge is 0.269 e. The van der Waals surface area contributed by atoms with E-state index in [1.165, 1.54) is 75.6 Å². The van der Waals surface area contributed by atoms with Crippen LogP contribution in [0.15, 0.2) is 24.3 Å². The Morgan fingerprint density at radius 3 is 1.87 bits per heavy atom. The number of rotatable bonds is 16. The summed E-state index contributed by atoms with van der Waals surface area (Å²) in [6.07, 6.45) is 12.7. The molecule has 0 aromatic heterocycles. The summed E-state index contributed by atoms with van der Waals surface area (Å²) in [4.78, 5) is 22.5. The largest absolute Gasteiger partial charge is 0.362 e. The fraction of sp³-hybridized carbons (Fsp3) is 0.682. The van der Waals surface area contributed by atoms with E-state index >= 15 is 0 Å². The van der Waals surface area contributed by atoms with Gasteiger partial charge in [0.2, 0.25) is 9.70 Å². The molecule has 6 nitrogen and oxygen atoms in total. The number of carbonyl (C=O) groups is 1. The molecule has 1 atom stereocenters. The summed E-state index contributed by atoms with van der Waals surface area (Å²) in [7, 11) is 0. The molecule has 0 aliphatic rings. The molecule has 1 unspecified atom stereocenters. The lowest BCUT2D eigenvalue weighted by Gasteiger charge is -2.27. The first-order chi connectivity index (χ1) is 14.7. The zero-order valence-electron chi connectivity index (χ0n) is 18.2. The molecule has 0 aliphatic carbocycles. The summed E-state index contributed by atoms with van der Waals surface area (Å²) in [6, 6.07) is 5.67. The van der Waals surface area contributed by atoms with Crippen molar-refractivity contribution in [2.24, 2.45) is 0 Å². The molecule has 1 aromatic carbocycles. The molecule has 1 aromatic rings. The predicted molar refractivity (Wildman–Crippen MR) is 130 cm³/mol. The van der Waals surface area contributed by atoms with Gasteiger partial charge in [-0.15, -0.1) is 0 Å². The highest BCUT2D eigenvalue weighted by molar-refractivity contribution is 6.68. The third-order valence-electron chi connectivity index (χ3n) is 5.03. The van der Waals surface area contributed by atoms with Crippen molar-refractivity contribution in [3.05, 3.63) is 34.4 Å². The van der Waals surface area contributed by atoms with Gasteiger partial charge in [0.25, 0.3) is 5.69 Å². The summed E-state index contributed by atoms with van der Waals surface area (Å²) < 4.78 is -1.78. The SMILES string of the molecule is CCCCCCCCCCCCCC(=O)NC(Nc1ccc([N+](=O)[O-])cc1)C(Cl)(Cl)Cl. The molecule has 31 heavy (non-hydrogen) atoms. The number of nitrogens with zero attached hydrogens (tertiary/aromatic N) is 1. The van der Waals surface area contributed by atoms with Gasteiger partial charge in [0, 0.05) is 24.2 Å². The lowest BCUT2D eigenvalue weighted by Crippen LogP contribution is -2.49. The molecule has 0 heterocycles. The number of anilines is 1. The topological polar surface area (TPSA) is 84.3 Å². The van der Waals surface area contributed by atoms with E-state index in [2.05, 4.69) is 17.6 Å². The first kappa shape index (κ1) is 27.8. The van der Waals surface area contributed by atoms with Crippen molar-refractivity contribution < 1.29 is 9.72 Å². The van der Waals surface area contributed by atoms with E-state index in [0.717, 1.165) is 19.3 Å². The first-order valence-corrected chi connectivity index (χ1v) is 12.2. The van der Waals surface area contributed by atoms with Gasteiger partial charge in [-0.3, -0.25) is 14.9 Å². The lowest BCUT2D eigenvalue weighted by molar-refractivity contribution is -0.384. The summed E-state index contributed by atoms with van der Waals surface area (Å²) >= 11 is 18.0. The van der Waals surface area contributed by atoms with Gasteiger partial charge in [0.1, 0.15) is 6.17 Å². The molecule has 0 saturated heterocycles. The average Bonchev–Trinajstić information content (AvgIpc) is 2.71. The minimum atomic E-state index is -1.78. The van der Waals surface area contributed by atoms with E-state index < -0.39 is 14.9 Å². The van der Waals surface area contributed by atoms with Crippen LogP contribution < -0.4 is 10.6 Å². The van der Waals surface area contributed by atoms with E-state index in [-0.39, 0.29) is 11.6 Å². The maximum Gasteiger partial charge on any atom is 0.269 e. The number of benzene rings is 1. The Morgan fingerprint density at radius 2 is 1.42 bits per heavy atom. The van der Waals surface area contributed by atoms with Crippen molar-refractivity contribution >= 4 is 52.1 Å². The zero-order valence-corrected chi connectivity index (χ0v) is 20.4. The van der Waals surface area contributed by atoms with Crippen molar-refractivity contribution in [1.82, 2.24) is 5.32 Å². The number of non-ortho nitro benzene ring substituents is 1. The fourth-order valence-electron chi connectivity index (χ4n) is 3.23. The number of hydrogen-bond donors (Lipinski definition) is 2. The average molecular weight is 495 g/mol. The number of unbranched alkanes of at least 4 members (excludes halogenated alkanes) is 10. The van der Waals surface area contributed by atoms with E-state index in [0.29, 0.717) is 12.1 Å². The normalized spacial score (nSPS) is 12.4. The summed E-state index contributed by atoms with van der Waals surface area (Å²) in [5, 5.41) is 16.4. The molecule has 176 valence electrons. The molecular weight excluding hydrogens is 461 g/mol. The molecule has 1 amide bonds. The number of amides is 1. The van der Waals surface area contributed by atoms with Crippen molar-refractivity contribution in [1.29, 1.82) is 0 Å². The van der Waals surface area contributed by atoms with Crippen molar-refractivity contribution in [2.45, 2.75) is 93.9 Å². The van der Waals surface area contributed by atoms with Crippen LogP contribution >= 0.6 is 34.8 Å². The summed E-state index contributed by atoms with van der Waals surface area (Å²) in [5.74, 6) is -0.207. The molecule has 0 saturated carbocycles. The Balaban J connectivity index is 2.27. The number of alkyl halides is 3. The third kappa shape index (κ3) is 13.0. The molecular formula is C22H34Cl3N3O3. The van der Waals surface area contributed by atoms with Gasteiger partial charge in [-0.1, -0.05) is 106 Å². The van der Waals surface area contributed by atoms with Gasteiger partial charge >= 0.3 is 0 Å². The summed E-state index contributed by atoms with van der Waals surface area (Å²) in [6.45, 7) is 2.23. The standard InChI is InChI=1S/C22H34Cl3N3O3/c1-2-3-4-5-6-7-8-9-10-11-12-13-20(29)27-21(22(23,24)25)26-18-14-16-19(17-15-18)28(30)31/h14-17,21,26H,2-13H2,1H3,(H,27,29). The highest BCUT2D eigenvalue weighted by atomic mass is 35.6. The zero-order chi connectivity index (χ0) is 23.1. The Kier molecular flexibility index (Phi) is 13.9. The summed E-state index contributed by atoms with van der Waals surface area (Å²) in [5.41, 5.74) is 0.452. The van der Waals surface area contributed by atoms with E-state index in [4.69, 9.17) is 34.8 Å². The number of halogens is 3. The van der Waals surface area contributed by atoms with Crippen molar-refractivity contribution in [2.75, 3.05) is 5.32 Å². The highest BCUT2D eigenvalue weighted by Crippen LogP contribution is 2.31. The number of carbonyl (C=O) groups excluding carboxylic acids is 1. The van der Waals surface area contributed by atoms with Crippen LogP contribution in [0.2, 0.25) is 0 Å². The molecule has 0 aliphatic heterocycles. The van der Waals surface area contributed by atoms with Crippen LogP contribution in [0.4, 0.5) is 11.4 Å². The maximum absolute atomic E-state index is 12.3. The first-order valence-electron chi connectivity index (χ1n) is 11.1. The minimum absolute atomic E-state index is 0.0449. The van der Waals surface area contributed by atoms with Crippen LogP contribution in [0.25, 0.3) is 0 Å². The van der Waals surface area contributed by atoms with Crippen molar-refractivity contribution in [3.8, 4) is 0 Å². The molecule has 0 radical (unpaired) electrons. The molecule has 9 heteroatoms. The van der Waals surface area contributed by atoms with Crippen LogP contribution in [-0.2, 0) is 4.79 Å². The van der Waals surface area contributed by atoms with Crippen LogP contribution in [0.3, 0.4) is 0 Å². The Bertz CT molecular complexity index is 652. The van der Waals surface area contributed by atoms with Gasteiger partial charge in [0.05, 0.1) is 4.92 Å². The lowest BCUT2D eigenvalue weighted by atomic mass is 10.1. The van der Waals surface area contributed by atoms with E-state index in [1.54, 1.807) is 0 Å². The van der Waals surface area contributed by atoms with E-state index in [1.807, 2.05) is 0 Å². The third-order valence-corrected chi connectivity index (χ3v) is 5.68. The number of nitro benzene ring substituents is 1. The predicted octanol–water partition coefficient (Wildman–Crippen LogP) is 7.52. The highest BCUT2D eigenvalue weighted by Gasteiger charge is 2.34. The van der Waals surface area contributed by atoms with Gasteiger partial charge < -0.3 is 10.6 Å². The quantitative estimate of drug-likeness (QED) is 0.0818. The molecule has 0 bridgehead atoms. The Morgan fingerprint density at radius 1 is 0.935 bits per heavy atom. The van der Waals surface area contributed by atoms with Gasteiger partial charge in [-0.2, -0.15) is 0 Å². The van der Waals surface area contributed by atoms with Crippen LogP contribution in [0.1, 0.15) is 84.0 Å². The second-order valence-electron chi connectivity index (χ2n) is 7.78. The number of hydrogen-bond acceptors (Lipinski definition) is 4. The molecule has 2 N–H and O–H groups in total. The van der Waals surface area contributed by atoms with E-state index in [9.17, 15) is 14.9 Å². The van der Waals surface area contributed by atoms with Crippen molar-refractivity contribution in [3.63, 3.8) is 0 Å². The molecule has 1 rings (SSSR count). The van der Waals surface area contributed by atoms with Gasteiger partial charge in [-0.25, -0.2) is 0 Å². The Hall–Kier alpha value is -1.24. The molecule has 0 spiro atoms. The number of nitrogens with one attached hydrogen (secondary N) is 2. The second-order valence-corrected chi connectivity index (χ2v) is 10.1. The monoisotopic (exact) mass is 493 g/mol. The number of nitro groups is 1. The molecule has 0 fully saturated rings.